The number of nitrogens with one attached hydrogen (secondary N) is 1. The van der Waals surface area contributed by atoms with E-state index in [2.05, 4.69) is 5.32 Å². The number of halogens is 5. The van der Waals surface area contributed by atoms with Gasteiger partial charge in [-0.25, -0.2) is 8.42 Å². The van der Waals surface area contributed by atoms with E-state index in [4.69, 9.17) is 23.2 Å². The Hall–Kier alpha value is -1.81. The number of benzene rings is 2. The Kier molecular flexibility index (Phi) is 6.66. The monoisotopic (exact) mass is 480 g/mol. The second-order valence-corrected chi connectivity index (χ2v) is 9.53. The summed E-state index contributed by atoms with van der Waals surface area (Å²) in [5, 5.41) is 1.91. The summed E-state index contributed by atoms with van der Waals surface area (Å²) in [6.45, 7) is 0.735. The van der Waals surface area contributed by atoms with Crippen LogP contribution < -0.4 is 5.32 Å². The molecule has 0 bridgehead atoms. The van der Waals surface area contributed by atoms with Crippen LogP contribution in [0.25, 0.3) is 0 Å². The maximum absolute atomic E-state index is 13.3. The van der Waals surface area contributed by atoms with Crippen LogP contribution in [-0.2, 0) is 16.2 Å². The van der Waals surface area contributed by atoms with Crippen LogP contribution in [0.3, 0.4) is 0 Å². The molecule has 30 heavy (non-hydrogen) atoms. The Morgan fingerprint density at radius 2 is 1.67 bits per heavy atom. The Morgan fingerprint density at radius 3 is 2.30 bits per heavy atom. The molecular weight excluding hydrogens is 464 g/mol. The Labute approximate surface area is 181 Å². The van der Waals surface area contributed by atoms with E-state index in [9.17, 15) is 26.4 Å². The number of carbonyl (C=O) groups excluding carboxylic acids is 1. The van der Waals surface area contributed by atoms with Gasteiger partial charge in [-0.1, -0.05) is 29.6 Å². The molecule has 3 rings (SSSR count). The molecule has 1 aliphatic rings. The van der Waals surface area contributed by atoms with Crippen molar-refractivity contribution in [2.45, 2.75) is 30.3 Å². The van der Waals surface area contributed by atoms with E-state index in [0.29, 0.717) is 19.2 Å². The molecule has 0 spiro atoms. The molecule has 0 aromatic heterocycles. The van der Waals surface area contributed by atoms with Gasteiger partial charge >= 0.3 is 6.18 Å². The number of piperidine rings is 1. The average Bonchev–Trinajstić information content (AvgIpc) is 2.69. The van der Waals surface area contributed by atoms with Crippen LogP contribution in [0, 0.1) is 0 Å². The lowest BCUT2D eigenvalue weighted by molar-refractivity contribution is -0.136. The van der Waals surface area contributed by atoms with E-state index in [1.807, 2.05) is 0 Å². The first-order valence-corrected chi connectivity index (χ1v) is 11.2. The zero-order valence-corrected chi connectivity index (χ0v) is 17.8. The summed E-state index contributed by atoms with van der Waals surface area (Å²) in [7, 11) is -3.85. The van der Waals surface area contributed by atoms with Crippen molar-refractivity contribution >= 4 is 44.8 Å². The summed E-state index contributed by atoms with van der Waals surface area (Å²) < 4.78 is 66.8. The minimum Gasteiger partial charge on any atom is -0.321 e. The molecule has 1 saturated heterocycles. The maximum Gasteiger partial charge on any atom is 0.418 e. The maximum atomic E-state index is 13.3. The molecule has 5 nitrogen and oxygen atoms in total. The summed E-state index contributed by atoms with van der Waals surface area (Å²) in [4.78, 5) is 12.5. The smallest absolute Gasteiger partial charge is 0.321 e. The van der Waals surface area contributed by atoms with Crippen LogP contribution in [0.4, 0.5) is 18.9 Å². The molecule has 0 saturated carbocycles. The largest absolute Gasteiger partial charge is 0.418 e. The van der Waals surface area contributed by atoms with Gasteiger partial charge in [0, 0.05) is 18.1 Å². The molecular formula is C19H17Cl2F3N2O3S. The first-order valence-electron chi connectivity index (χ1n) is 8.98. The third-order valence-corrected chi connectivity index (χ3v) is 7.13. The number of hydrogen-bond acceptors (Lipinski definition) is 3. The van der Waals surface area contributed by atoms with Crippen molar-refractivity contribution in [2.75, 3.05) is 18.4 Å². The van der Waals surface area contributed by atoms with Crippen LogP contribution in [-0.4, -0.2) is 31.7 Å². The SMILES string of the molecule is O=C(Nc1ccc(Cl)cc1C(F)(F)F)c1cc(S(=O)(=O)N2CCCCC2)ccc1Cl. The first-order chi connectivity index (χ1) is 14.0. The fourth-order valence-corrected chi connectivity index (χ4v) is 5.06. The molecule has 0 unspecified atom stereocenters. The zero-order valence-electron chi connectivity index (χ0n) is 15.5. The third kappa shape index (κ3) is 4.91. The standard InChI is InChI=1S/C19H17Cl2F3N2O3S/c20-12-4-7-17(15(10-12)19(22,23)24)25-18(27)14-11-13(5-6-16(14)21)30(28,29)26-8-2-1-3-9-26/h4-7,10-11H,1-3,8-9H2,(H,25,27). The Balaban J connectivity index is 1.94. The van der Waals surface area contributed by atoms with Crippen molar-refractivity contribution in [3.63, 3.8) is 0 Å². The topological polar surface area (TPSA) is 66.5 Å². The molecule has 1 amide bonds. The Morgan fingerprint density at radius 1 is 1.00 bits per heavy atom. The van der Waals surface area contributed by atoms with Crippen LogP contribution in [0.5, 0.6) is 0 Å². The minimum absolute atomic E-state index is 0.0902. The quantitative estimate of drug-likeness (QED) is 0.633. The molecule has 1 aliphatic heterocycles. The van der Waals surface area contributed by atoms with Crippen molar-refractivity contribution in [3.8, 4) is 0 Å². The molecule has 1 N–H and O–H groups in total. The molecule has 162 valence electrons. The van der Waals surface area contributed by atoms with Crippen LogP contribution in [0.15, 0.2) is 41.3 Å². The van der Waals surface area contributed by atoms with Gasteiger partial charge < -0.3 is 5.32 Å². The van der Waals surface area contributed by atoms with E-state index in [1.54, 1.807) is 0 Å². The summed E-state index contributed by atoms with van der Waals surface area (Å²) in [5.74, 6) is -0.969. The van der Waals surface area contributed by atoms with Crippen molar-refractivity contribution in [1.29, 1.82) is 0 Å². The summed E-state index contributed by atoms with van der Waals surface area (Å²) in [6, 6.07) is 6.49. The van der Waals surface area contributed by atoms with Gasteiger partial charge in [0.05, 0.1) is 26.7 Å². The van der Waals surface area contributed by atoms with Crippen LogP contribution >= 0.6 is 23.2 Å². The number of hydrogen-bond donors (Lipinski definition) is 1. The molecule has 1 heterocycles. The van der Waals surface area contributed by atoms with Crippen molar-refractivity contribution < 1.29 is 26.4 Å². The zero-order chi connectivity index (χ0) is 22.1. The van der Waals surface area contributed by atoms with Crippen molar-refractivity contribution in [2.24, 2.45) is 0 Å². The number of alkyl halides is 3. The summed E-state index contributed by atoms with van der Waals surface area (Å²) >= 11 is 11.7. The van der Waals surface area contributed by atoms with E-state index < -0.39 is 33.4 Å². The highest BCUT2D eigenvalue weighted by Crippen LogP contribution is 2.37. The normalized spacial score (nSPS) is 15.8. The lowest BCUT2D eigenvalue weighted by Crippen LogP contribution is -2.35. The molecule has 0 radical (unpaired) electrons. The van der Waals surface area contributed by atoms with Gasteiger partial charge in [-0.2, -0.15) is 17.5 Å². The lowest BCUT2D eigenvalue weighted by Gasteiger charge is -2.26. The molecule has 0 atom stereocenters. The number of sulfonamides is 1. The predicted molar refractivity (Wildman–Crippen MR) is 108 cm³/mol. The highest BCUT2D eigenvalue weighted by atomic mass is 35.5. The molecule has 2 aromatic rings. The fourth-order valence-electron chi connectivity index (χ4n) is 3.14. The molecule has 11 heteroatoms. The molecule has 2 aromatic carbocycles. The first kappa shape index (κ1) is 22.9. The highest BCUT2D eigenvalue weighted by Gasteiger charge is 2.34. The predicted octanol–water partition coefficient (Wildman–Crippen LogP) is 5.44. The van der Waals surface area contributed by atoms with Crippen molar-refractivity contribution in [3.05, 3.63) is 57.6 Å². The van der Waals surface area contributed by atoms with E-state index >= 15 is 0 Å². The van der Waals surface area contributed by atoms with Gasteiger partial charge in [0.15, 0.2) is 0 Å². The lowest BCUT2D eigenvalue weighted by atomic mass is 10.1. The number of anilines is 1. The molecule has 0 aliphatic carbocycles. The average molecular weight is 481 g/mol. The fraction of sp³-hybridized carbons (Fsp3) is 0.316. The van der Waals surface area contributed by atoms with Crippen LogP contribution in [0.2, 0.25) is 10.0 Å². The van der Waals surface area contributed by atoms with E-state index in [-0.39, 0.29) is 20.5 Å². The summed E-state index contributed by atoms with van der Waals surface area (Å²) in [6.07, 6.45) is -2.35. The van der Waals surface area contributed by atoms with Gasteiger partial charge in [0.1, 0.15) is 0 Å². The number of carbonyl (C=O) groups is 1. The Bertz CT molecular complexity index is 1070. The van der Waals surface area contributed by atoms with Gasteiger partial charge in [-0.15, -0.1) is 0 Å². The highest BCUT2D eigenvalue weighted by molar-refractivity contribution is 7.89. The van der Waals surface area contributed by atoms with E-state index in [0.717, 1.165) is 31.4 Å². The third-order valence-electron chi connectivity index (χ3n) is 4.67. The van der Waals surface area contributed by atoms with Gasteiger partial charge in [0.25, 0.3) is 5.91 Å². The van der Waals surface area contributed by atoms with Crippen LogP contribution in [0.1, 0.15) is 35.2 Å². The van der Waals surface area contributed by atoms with Gasteiger partial charge in [-0.05, 0) is 49.2 Å². The van der Waals surface area contributed by atoms with Crippen molar-refractivity contribution in [1.82, 2.24) is 4.31 Å². The summed E-state index contributed by atoms with van der Waals surface area (Å²) in [5.41, 5.74) is -1.90. The minimum atomic E-state index is -4.75. The number of rotatable bonds is 4. The van der Waals surface area contributed by atoms with Gasteiger partial charge in [-0.3, -0.25) is 4.79 Å². The molecule has 1 fully saturated rings. The van der Waals surface area contributed by atoms with E-state index in [1.165, 1.54) is 22.5 Å². The second kappa shape index (κ2) is 8.74. The second-order valence-electron chi connectivity index (χ2n) is 6.75. The number of amides is 1. The number of nitrogens with zero attached hydrogens (tertiary/aromatic N) is 1. The van der Waals surface area contributed by atoms with Gasteiger partial charge in [0.2, 0.25) is 10.0 Å².